The van der Waals surface area contributed by atoms with Gasteiger partial charge in [0.2, 0.25) is 5.91 Å². The molecule has 1 aromatic carbocycles. The molecule has 0 bridgehead atoms. The number of nitrogens with zero attached hydrogens (tertiary/aromatic N) is 6. The minimum absolute atomic E-state index is 0.0833. The molecular formula is C34H48F4N6O2S. The number of fused-ring (bicyclic) bond motifs is 1. The first-order chi connectivity index (χ1) is 22.6. The minimum Gasteiger partial charge on any atom is -0.390 e. The Morgan fingerprint density at radius 3 is 2.47 bits per heavy atom. The van der Waals surface area contributed by atoms with Crippen molar-refractivity contribution in [1.29, 1.82) is 0 Å². The topological polar surface area (TPSA) is 68.1 Å². The second-order valence-corrected chi connectivity index (χ2v) is 14.8. The van der Waals surface area contributed by atoms with Crippen LogP contribution in [0.25, 0.3) is 11.3 Å². The molecule has 260 valence electrons. The molecule has 1 amide bonds. The Morgan fingerprint density at radius 2 is 1.77 bits per heavy atom. The number of amides is 1. The van der Waals surface area contributed by atoms with Crippen LogP contribution >= 0.6 is 11.8 Å². The molecule has 4 aliphatic rings. The molecule has 0 aliphatic carbocycles. The van der Waals surface area contributed by atoms with E-state index in [1.807, 2.05) is 16.6 Å². The number of benzene rings is 1. The Balaban J connectivity index is 1.27. The van der Waals surface area contributed by atoms with E-state index < -0.39 is 24.0 Å². The number of alkyl halides is 4. The van der Waals surface area contributed by atoms with Crippen LogP contribution in [0.3, 0.4) is 0 Å². The normalized spacial score (nSPS) is 22.9. The first-order valence-corrected chi connectivity index (χ1v) is 18.2. The van der Waals surface area contributed by atoms with E-state index in [2.05, 4.69) is 14.7 Å². The third-order valence-electron chi connectivity index (χ3n) is 10.3. The van der Waals surface area contributed by atoms with Crippen molar-refractivity contribution in [3.8, 4) is 11.3 Å². The van der Waals surface area contributed by atoms with Gasteiger partial charge in [0.05, 0.1) is 29.9 Å². The maximum atomic E-state index is 14.2. The Labute approximate surface area is 279 Å². The molecule has 1 unspecified atom stereocenters. The molecular weight excluding hydrogens is 632 g/mol. The summed E-state index contributed by atoms with van der Waals surface area (Å²) >= 11 is 1.17. The molecule has 0 spiro atoms. The van der Waals surface area contributed by atoms with Crippen molar-refractivity contribution < 1.29 is 27.5 Å². The average molecular weight is 681 g/mol. The molecule has 2 aromatic rings. The van der Waals surface area contributed by atoms with Gasteiger partial charge in [0.15, 0.2) is 0 Å². The number of hydrogen-bond donors (Lipinski definition) is 1. The average Bonchev–Trinajstić information content (AvgIpc) is 3.64. The van der Waals surface area contributed by atoms with E-state index in [4.69, 9.17) is 5.10 Å². The Morgan fingerprint density at radius 1 is 1.00 bits per heavy atom. The summed E-state index contributed by atoms with van der Waals surface area (Å²) in [6.45, 7) is 6.35. The molecule has 3 saturated heterocycles. The number of aliphatic hydroxyl groups excluding tert-OH is 1. The standard InChI is InChI=1S/C34H48F4N6O2S/c1-40-12-5-6-30(40)33(46)43-17-11-29-27(23-43)32(39-44(29)22-26(45)21-42-13-3-2-4-14-42)24-7-8-28(34(36,37)38)31(20-24)47-19-18-41-15-9-25(35)10-16-41/h7-8,20,25-26,30,45H,2-6,9-19,21-23H2,1H3/t26?,30-/m1/s1. The number of aromatic nitrogens is 2. The lowest BCUT2D eigenvalue weighted by Gasteiger charge is -2.32. The third-order valence-corrected chi connectivity index (χ3v) is 11.3. The van der Waals surface area contributed by atoms with E-state index in [1.165, 1.54) is 24.2 Å². The quantitative estimate of drug-likeness (QED) is 0.283. The van der Waals surface area contributed by atoms with E-state index in [1.54, 1.807) is 6.07 Å². The highest BCUT2D eigenvalue weighted by atomic mass is 32.2. The molecule has 6 rings (SSSR count). The fourth-order valence-electron chi connectivity index (χ4n) is 7.63. The van der Waals surface area contributed by atoms with Gasteiger partial charge < -0.3 is 19.8 Å². The summed E-state index contributed by atoms with van der Waals surface area (Å²) in [6, 6.07) is 4.05. The summed E-state index contributed by atoms with van der Waals surface area (Å²) < 4.78 is 58.0. The first kappa shape index (κ1) is 34.7. The molecule has 1 aromatic heterocycles. The fourth-order valence-corrected chi connectivity index (χ4v) is 8.74. The van der Waals surface area contributed by atoms with Crippen molar-refractivity contribution in [2.24, 2.45) is 0 Å². The number of carbonyl (C=O) groups is 1. The van der Waals surface area contributed by atoms with Crippen LogP contribution in [0.1, 0.15) is 61.8 Å². The lowest BCUT2D eigenvalue weighted by atomic mass is 9.99. The van der Waals surface area contributed by atoms with Crippen molar-refractivity contribution in [2.45, 2.75) is 93.8 Å². The van der Waals surface area contributed by atoms with Gasteiger partial charge in [0.25, 0.3) is 0 Å². The lowest BCUT2D eigenvalue weighted by Crippen LogP contribution is -2.46. The van der Waals surface area contributed by atoms with E-state index >= 15 is 0 Å². The maximum absolute atomic E-state index is 14.2. The predicted octanol–water partition coefficient (Wildman–Crippen LogP) is 4.92. The van der Waals surface area contributed by atoms with Gasteiger partial charge in [-0.25, -0.2) is 4.39 Å². The summed E-state index contributed by atoms with van der Waals surface area (Å²) in [5, 5.41) is 16.1. The van der Waals surface area contributed by atoms with Crippen LogP contribution in [0.2, 0.25) is 0 Å². The fraction of sp³-hybridized carbons (Fsp3) is 0.706. The summed E-state index contributed by atoms with van der Waals surface area (Å²) in [7, 11) is 1.97. The van der Waals surface area contributed by atoms with Crippen LogP contribution < -0.4 is 0 Å². The molecule has 13 heteroatoms. The number of piperidine rings is 2. The van der Waals surface area contributed by atoms with Gasteiger partial charge in [-0.05, 0) is 77.3 Å². The zero-order valence-corrected chi connectivity index (χ0v) is 28.2. The highest BCUT2D eigenvalue weighted by Gasteiger charge is 2.37. The lowest BCUT2D eigenvalue weighted by molar-refractivity contribution is -0.139. The molecule has 0 radical (unpaired) electrons. The number of halogens is 4. The molecule has 5 heterocycles. The van der Waals surface area contributed by atoms with Crippen molar-refractivity contribution in [2.75, 3.05) is 65.2 Å². The van der Waals surface area contributed by atoms with Crippen LogP contribution in [-0.2, 0) is 30.5 Å². The number of aliphatic hydroxyl groups is 1. The first-order valence-electron chi connectivity index (χ1n) is 17.3. The van der Waals surface area contributed by atoms with Crippen LogP contribution in [0.5, 0.6) is 0 Å². The van der Waals surface area contributed by atoms with Crippen molar-refractivity contribution in [3.05, 3.63) is 35.0 Å². The van der Waals surface area contributed by atoms with Gasteiger partial charge in [0.1, 0.15) is 6.17 Å². The van der Waals surface area contributed by atoms with Gasteiger partial charge in [-0.3, -0.25) is 14.4 Å². The summed E-state index contributed by atoms with van der Waals surface area (Å²) in [4.78, 5) is 22.1. The molecule has 3 fully saturated rings. The Hall–Kier alpha value is -2.19. The smallest absolute Gasteiger partial charge is 0.390 e. The highest BCUT2D eigenvalue weighted by molar-refractivity contribution is 7.99. The number of β-amino-alcohol motifs (C(OH)–C–C–N with tert-alkyl or cyclic N) is 1. The van der Waals surface area contributed by atoms with Gasteiger partial charge in [0, 0.05) is 73.2 Å². The van der Waals surface area contributed by atoms with Crippen LogP contribution in [0.15, 0.2) is 23.1 Å². The summed E-state index contributed by atoms with van der Waals surface area (Å²) in [6.07, 6.45) is 0.794. The van der Waals surface area contributed by atoms with Crippen LogP contribution in [0.4, 0.5) is 17.6 Å². The molecule has 0 saturated carbocycles. The van der Waals surface area contributed by atoms with Gasteiger partial charge >= 0.3 is 6.18 Å². The number of thioether (sulfide) groups is 1. The largest absolute Gasteiger partial charge is 0.417 e. The monoisotopic (exact) mass is 680 g/mol. The van der Waals surface area contributed by atoms with Crippen LogP contribution in [-0.4, -0.2) is 124 Å². The molecule has 47 heavy (non-hydrogen) atoms. The van der Waals surface area contributed by atoms with Gasteiger partial charge in [-0.2, -0.15) is 18.3 Å². The van der Waals surface area contributed by atoms with E-state index in [-0.39, 0.29) is 23.4 Å². The van der Waals surface area contributed by atoms with E-state index in [0.717, 1.165) is 62.6 Å². The summed E-state index contributed by atoms with van der Waals surface area (Å²) in [5.74, 6) is 0.538. The number of likely N-dealkylation sites (N-methyl/N-ethyl adjacent to an activating group) is 1. The van der Waals surface area contributed by atoms with Crippen molar-refractivity contribution in [1.82, 2.24) is 29.4 Å². The van der Waals surface area contributed by atoms with Gasteiger partial charge in [-0.15, -0.1) is 11.8 Å². The highest BCUT2D eigenvalue weighted by Crippen LogP contribution is 2.40. The SMILES string of the molecule is CN1CCC[C@@H]1C(=O)N1CCc2c(c(-c3ccc(C(F)(F)F)c(SCCN4CCC(F)CC4)c3)nn2CC(O)CN2CCCCC2)C1. The Kier molecular flexibility index (Phi) is 11.2. The van der Waals surface area contributed by atoms with Crippen molar-refractivity contribution in [3.63, 3.8) is 0 Å². The minimum atomic E-state index is -4.51. The maximum Gasteiger partial charge on any atom is 0.417 e. The zero-order chi connectivity index (χ0) is 33.1. The zero-order valence-electron chi connectivity index (χ0n) is 27.4. The Bertz CT molecular complexity index is 1380. The second-order valence-electron chi connectivity index (χ2n) is 13.7. The summed E-state index contributed by atoms with van der Waals surface area (Å²) in [5.41, 5.74) is 2.25. The van der Waals surface area contributed by atoms with E-state index in [0.29, 0.717) is 75.5 Å². The predicted molar refractivity (Wildman–Crippen MR) is 175 cm³/mol. The second kappa shape index (κ2) is 15.1. The number of rotatable bonds is 10. The van der Waals surface area contributed by atoms with Crippen LogP contribution in [0, 0.1) is 0 Å². The third kappa shape index (κ3) is 8.34. The number of hydrogen-bond acceptors (Lipinski definition) is 7. The number of likely N-dealkylation sites (tertiary alicyclic amines) is 3. The molecule has 8 nitrogen and oxygen atoms in total. The van der Waals surface area contributed by atoms with Gasteiger partial charge in [-0.1, -0.05) is 12.5 Å². The van der Waals surface area contributed by atoms with Crippen molar-refractivity contribution >= 4 is 17.7 Å². The van der Waals surface area contributed by atoms with E-state index in [9.17, 15) is 27.5 Å². The molecule has 2 atom stereocenters. The number of carbonyl (C=O) groups excluding carboxylic acids is 1. The molecule has 4 aliphatic heterocycles. The molecule has 1 N–H and O–H groups in total.